The summed E-state index contributed by atoms with van der Waals surface area (Å²) in [4.78, 5) is 36.1. The maximum Gasteiger partial charge on any atom is 0.330 e. The van der Waals surface area contributed by atoms with Crippen molar-refractivity contribution in [3.8, 4) is 0 Å². The van der Waals surface area contributed by atoms with Crippen LogP contribution in [0.3, 0.4) is 0 Å². The second-order valence-corrected chi connectivity index (χ2v) is 4.45. The average Bonchev–Trinajstić information content (AvgIpc) is 2.60. The molecule has 0 radical (unpaired) electrons. The molecule has 0 saturated carbocycles. The van der Waals surface area contributed by atoms with Crippen LogP contribution in [0.1, 0.15) is 25.7 Å². The Bertz CT molecular complexity index is 345. The first kappa shape index (κ1) is 15.4. The summed E-state index contributed by atoms with van der Waals surface area (Å²) < 4.78 is 4.44. The summed E-state index contributed by atoms with van der Waals surface area (Å²) in [5, 5.41) is 11.3. The minimum Gasteiger partial charge on any atom is -0.467 e. The van der Waals surface area contributed by atoms with E-state index in [0.717, 1.165) is 19.3 Å². The molecule has 0 aliphatic carbocycles. The fourth-order valence-electron chi connectivity index (χ4n) is 1.94. The van der Waals surface area contributed by atoms with Crippen LogP contribution in [-0.2, 0) is 19.1 Å². The van der Waals surface area contributed by atoms with Gasteiger partial charge in [0.25, 0.3) is 0 Å². The third kappa shape index (κ3) is 4.86. The molecule has 0 aromatic heterocycles. The van der Waals surface area contributed by atoms with E-state index in [1.165, 1.54) is 12.0 Å². The van der Waals surface area contributed by atoms with Gasteiger partial charge in [-0.25, -0.2) is 4.79 Å². The molecule has 0 bridgehead atoms. The van der Waals surface area contributed by atoms with Gasteiger partial charge in [0.05, 0.1) is 20.3 Å². The number of hydrogen-bond acceptors (Lipinski definition) is 5. The summed E-state index contributed by atoms with van der Waals surface area (Å²) >= 11 is 0. The standard InChI is InChI=1S/C12H20N2O5/c1-19-12(18)9(8-15)13-10(16)7-14-6-4-2-3-5-11(14)17/h9,15H,2-8H2,1H3,(H,13,16). The molecule has 19 heavy (non-hydrogen) atoms. The van der Waals surface area contributed by atoms with Crippen molar-refractivity contribution in [2.24, 2.45) is 0 Å². The lowest BCUT2D eigenvalue weighted by Gasteiger charge is -2.21. The summed E-state index contributed by atoms with van der Waals surface area (Å²) in [6.45, 7) is -0.0764. The number of aliphatic hydroxyl groups is 1. The highest BCUT2D eigenvalue weighted by Gasteiger charge is 2.23. The maximum absolute atomic E-state index is 11.7. The van der Waals surface area contributed by atoms with Gasteiger partial charge in [0.15, 0.2) is 6.04 Å². The van der Waals surface area contributed by atoms with Crippen molar-refractivity contribution in [3.05, 3.63) is 0 Å². The molecular formula is C12H20N2O5. The Morgan fingerprint density at radius 3 is 2.79 bits per heavy atom. The molecule has 2 N–H and O–H groups in total. The number of rotatable bonds is 5. The molecule has 0 aromatic rings. The number of carbonyl (C=O) groups is 3. The first-order chi connectivity index (χ1) is 9.08. The fourth-order valence-corrected chi connectivity index (χ4v) is 1.94. The highest BCUT2D eigenvalue weighted by atomic mass is 16.5. The van der Waals surface area contributed by atoms with Gasteiger partial charge in [0.1, 0.15) is 0 Å². The van der Waals surface area contributed by atoms with E-state index in [1.807, 2.05) is 0 Å². The fraction of sp³-hybridized carbons (Fsp3) is 0.750. The van der Waals surface area contributed by atoms with Crippen LogP contribution >= 0.6 is 0 Å². The Morgan fingerprint density at radius 1 is 1.42 bits per heavy atom. The van der Waals surface area contributed by atoms with Crippen LogP contribution in [0.4, 0.5) is 0 Å². The molecule has 1 unspecified atom stereocenters. The van der Waals surface area contributed by atoms with E-state index in [-0.39, 0.29) is 12.5 Å². The van der Waals surface area contributed by atoms with E-state index >= 15 is 0 Å². The van der Waals surface area contributed by atoms with E-state index in [9.17, 15) is 14.4 Å². The largest absolute Gasteiger partial charge is 0.467 e. The Kier molecular flexibility index (Phi) is 6.27. The molecule has 1 heterocycles. The molecule has 1 rings (SSSR count). The van der Waals surface area contributed by atoms with Crippen molar-refractivity contribution in [2.75, 3.05) is 26.8 Å². The van der Waals surface area contributed by atoms with Crippen LogP contribution < -0.4 is 5.32 Å². The number of nitrogens with one attached hydrogen (secondary N) is 1. The maximum atomic E-state index is 11.7. The van der Waals surface area contributed by atoms with E-state index in [4.69, 9.17) is 5.11 Å². The topological polar surface area (TPSA) is 95.9 Å². The molecule has 0 spiro atoms. The quantitative estimate of drug-likeness (QED) is 0.628. The molecule has 0 aromatic carbocycles. The Morgan fingerprint density at radius 2 is 2.16 bits per heavy atom. The van der Waals surface area contributed by atoms with Gasteiger partial charge in [-0.05, 0) is 12.8 Å². The van der Waals surface area contributed by atoms with Crippen LogP contribution in [0.5, 0.6) is 0 Å². The predicted molar refractivity (Wildman–Crippen MR) is 66.1 cm³/mol. The number of ether oxygens (including phenoxy) is 1. The van der Waals surface area contributed by atoms with Gasteiger partial charge in [0, 0.05) is 13.0 Å². The highest BCUT2D eigenvalue weighted by Crippen LogP contribution is 2.10. The molecule has 7 heteroatoms. The zero-order valence-electron chi connectivity index (χ0n) is 11.1. The van der Waals surface area contributed by atoms with Gasteiger partial charge in [-0.1, -0.05) is 6.42 Å². The summed E-state index contributed by atoms with van der Waals surface area (Å²) in [7, 11) is 1.18. The van der Waals surface area contributed by atoms with Gasteiger partial charge in [0.2, 0.25) is 11.8 Å². The van der Waals surface area contributed by atoms with Crippen molar-refractivity contribution in [1.29, 1.82) is 0 Å². The van der Waals surface area contributed by atoms with Crippen molar-refractivity contribution in [3.63, 3.8) is 0 Å². The van der Waals surface area contributed by atoms with Gasteiger partial charge in [-0.15, -0.1) is 0 Å². The monoisotopic (exact) mass is 272 g/mol. The highest BCUT2D eigenvalue weighted by molar-refractivity contribution is 5.88. The molecule has 1 saturated heterocycles. The molecule has 7 nitrogen and oxygen atoms in total. The van der Waals surface area contributed by atoms with Crippen molar-refractivity contribution < 1.29 is 24.2 Å². The van der Waals surface area contributed by atoms with Crippen LogP contribution in [0.2, 0.25) is 0 Å². The Balaban J connectivity index is 2.48. The van der Waals surface area contributed by atoms with Gasteiger partial charge < -0.3 is 20.1 Å². The molecule has 1 aliphatic rings. The first-order valence-electron chi connectivity index (χ1n) is 6.34. The predicted octanol–water partition coefficient (Wildman–Crippen LogP) is -0.961. The third-order valence-electron chi connectivity index (χ3n) is 3.01. The smallest absolute Gasteiger partial charge is 0.330 e. The zero-order valence-corrected chi connectivity index (χ0v) is 11.1. The van der Waals surface area contributed by atoms with E-state index in [1.54, 1.807) is 0 Å². The van der Waals surface area contributed by atoms with Crippen LogP contribution in [0.25, 0.3) is 0 Å². The summed E-state index contributed by atoms with van der Waals surface area (Å²) in [5.74, 6) is -1.23. The number of esters is 1. The lowest BCUT2D eigenvalue weighted by molar-refractivity contribution is -0.146. The minimum atomic E-state index is -1.08. The SMILES string of the molecule is COC(=O)C(CO)NC(=O)CN1CCCCCC1=O. The molecule has 1 aliphatic heterocycles. The average molecular weight is 272 g/mol. The summed E-state index contributed by atoms with van der Waals surface area (Å²) in [6.07, 6.45) is 3.15. The van der Waals surface area contributed by atoms with Gasteiger partial charge in [-0.3, -0.25) is 9.59 Å². The zero-order chi connectivity index (χ0) is 14.3. The van der Waals surface area contributed by atoms with Crippen molar-refractivity contribution >= 4 is 17.8 Å². The molecular weight excluding hydrogens is 252 g/mol. The second kappa shape index (κ2) is 7.73. The number of likely N-dealkylation sites (tertiary alicyclic amines) is 1. The van der Waals surface area contributed by atoms with Gasteiger partial charge >= 0.3 is 5.97 Å². The number of nitrogens with zero attached hydrogens (tertiary/aromatic N) is 1. The lowest BCUT2D eigenvalue weighted by Crippen LogP contribution is -2.48. The summed E-state index contributed by atoms with van der Waals surface area (Å²) in [5.41, 5.74) is 0. The number of aliphatic hydroxyl groups excluding tert-OH is 1. The third-order valence-corrected chi connectivity index (χ3v) is 3.01. The molecule has 108 valence electrons. The van der Waals surface area contributed by atoms with Crippen molar-refractivity contribution in [2.45, 2.75) is 31.7 Å². The summed E-state index contributed by atoms with van der Waals surface area (Å²) in [6, 6.07) is -1.08. The lowest BCUT2D eigenvalue weighted by atomic mass is 10.2. The number of carbonyl (C=O) groups excluding carboxylic acids is 3. The second-order valence-electron chi connectivity index (χ2n) is 4.45. The Hall–Kier alpha value is -1.63. The van der Waals surface area contributed by atoms with E-state index in [0.29, 0.717) is 13.0 Å². The van der Waals surface area contributed by atoms with Gasteiger partial charge in [-0.2, -0.15) is 0 Å². The molecule has 2 amide bonds. The van der Waals surface area contributed by atoms with Crippen LogP contribution in [0, 0.1) is 0 Å². The number of hydrogen-bond donors (Lipinski definition) is 2. The normalized spacial score (nSPS) is 17.6. The van der Waals surface area contributed by atoms with E-state index < -0.39 is 24.5 Å². The Labute approximate surface area is 111 Å². The number of methoxy groups -OCH3 is 1. The first-order valence-corrected chi connectivity index (χ1v) is 6.34. The van der Waals surface area contributed by atoms with E-state index in [2.05, 4.69) is 10.1 Å². The molecule has 1 atom stereocenters. The number of amides is 2. The van der Waals surface area contributed by atoms with Crippen molar-refractivity contribution in [1.82, 2.24) is 10.2 Å². The molecule has 1 fully saturated rings. The minimum absolute atomic E-state index is 0.0498. The van der Waals surface area contributed by atoms with Crippen LogP contribution in [0.15, 0.2) is 0 Å². The van der Waals surface area contributed by atoms with Crippen LogP contribution in [-0.4, -0.2) is 60.6 Å².